The van der Waals surface area contributed by atoms with Gasteiger partial charge < -0.3 is 5.11 Å². The summed E-state index contributed by atoms with van der Waals surface area (Å²) in [5.41, 5.74) is 1.68. The van der Waals surface area contributed by atoms with Gasteiger partial charge in [0.05, 0.1) is 12.1 Å². The van der Waals surface area contributed by atoms with E-state index in [1.165, 1.54) is 12.1 Å². The van der Waals surface area contributed by atoms with Gasteiger partial charge in [-0.1, -0.05) is 6.07 Å². The number of nitrogens with zero attached hydrogens (tertiary/aromatic N) is 2. The zero-order valence-corrected chi connectivity index (χ0v) is 11.7. The summed E-state index contributed by atoms with van der Waals surface area (Å²) < 4.78 is 28.9. The van der Waals surface area contributed by atoms with Gasteiger partial charge in [0.25, 0.3) is 0 Å². The number of hydrogen-bond acceptors (Lipinski definition) is 2. The molecule has 102 valence electrons. The molecule has 0 spiro atoms. The van der Waals surface area contributed by atoms with Crippen LogP contribution in [0.2, 0.25) is 0 Å². The lowest BCUT2D eigenvalue weighted by molar-refractivity contribution is 0.283. The fourth-order valence-corrected chi connectivity index (χ4v) is 2.79. The van der Waals surface area contributed by atoms with Gasteiger partial charge in [0.15, 0.2) is 0 Å². The molecule has 0 bridgehead atoms. The number of rotatable bonds is 2. The van der Waals surface area contributed by atoms with E-state index < -0.39 is 11.6 Å². The zero-order chi connectivity index (χ0) is 14.3. The largest absolute Gasteiger partial charge is 0.392 e. The average Bonchev–Trinajstić information content (AvgIpc) is 2.75. The molecule has 3 rings (SSSR count). The molecule has 0 amide bonds. The third-order valence-electron chi connectivity index (χ3n) is 3.00. The highest BCUT2D eigenvalue weighted by atomic mass is 79.9. The molecule has 2 aromatic heterocycles. The van der Waals surface area contributed by atoms with Crippen LogP contribution in [0.5, 0.6) is 0 Å². The number of aliphatic hydroxyl groups excluding tert-OH is 1. The minimum absolute atomic E-state index is 0.147. The molecule has 0 fully saturated rings. The van der Waals surface area contributed by atoms with E-state index in [1.807, 2.05) is 0 Å². The topological polar surface area (TPSA) is 37.5 Å². The van der Waals surface area contributed by atoms with Crippen LogP contribution in [-0.2, 0) is 6.61 Å². The first kappa shape index (κ1) is 13.2. The second-order valence-corrected chi connectivity index (χ2v) is 5.05. The lowest BCUT2D eigenvalue weighted by Gasteiger charge is -2.04. The number of pyridine rings is 1. The van der Waals surface area contributed by atoms with Gasteiger partial charge in [-0.25, -0.2) is 13.8 Å². The number of fused-ring (bicyclic) bond motifs is 1. The van der Waals surface area contributed by atoms with Crippen LogP contribution in [0.1, 0.15) is 5.56 Å². The second-order valence-electron chi connectivity index (χ2n) is 4.29. The van der Waals surface area contributed by atoms with Crippen LogP contribution < -0.4 is 0 Å². The maximum atomic E-state index is 13.3. The predicted molar refractivity (Wildman–Crippen MR) is 74.2 cm³/mol. The average molecular weight is 339 g/mol. The van der Waals surface area contributed by atoms with Crippen molar-refractivity contribution >= 4 is 21.4 Å². The first-order valence-electron chi connectivity index (χ1n) is 5.83. The highest BCUT2D eigenvalue weighted by molar-refractivity contribution is 9.10. The molecule has 1 aromatic carbocycles. The van der Waals surface area contributed by atoms with Crippen molar-refractivity contribution in [2.75, 3.05) is 0 Å². The Morgan fingerprint density at radius 1 is 1.20 bits per heavy atom. The molecule has 3 nitrogen and oxygen atoms in total. The van der Waals surface area contributed by atoms with Crippen molar-refractivity contribution in [1.82, 2.24) is 9.38 Å². The molecule has 0 aliphatic carbocycles. The molecule has 0 saturated heterocycles. The summed E-state index contributed by atoms with van der Waals surface area (Å²) in [4.78, 5) is 4.29. The highest BCUT2D eigenvalue weighted by Crippen LogP contribution is 2.29. The molecular formula is C14H9BrF2N2O. The standard InChI is InChI=1S/C14H9BrF2N2O/c15-13-12-8(7-20)2-1-3-19(12)14(18-13)9-4-10(16)6-11(17)5-9/h1-6,20H,7H2. The lowest BCUT2D eigenvalue weighted by atomic mass is 10.2. The highest BCUT2D eigenvalue weighted by Gasteiger charge is 2.15. The van der Waals surface area contributed by atoms with E-state index in [-0.39, 0.29) is 6.61 Å². The van der Waals surface area contributed by atoms with E-state index in [2.05, 4.69) is 20.9 Å². The molecule has 20 heavy (non-hydrogen) atoms. The summed E-state index contributed by atoms with van der Waals surface area (Å²) in [6.45, 7) is -0.147. The van der Waals surface area contributed by atoms with Gasteiger partial charge >= 0.3 is 0 Å². The molecule has 0 radical (unpaired) electrons. The van der Waals surface area contributed by atoms with E-state index >= 15 is 0 Å². The third kappa shape index (κ3) is 2.10. The first-order chi connectivity index (χ1) is 9.60. The van der Waals surface area contributed by atoms with Crippen LogP contribution in [0, 0.1) is 11.6 Å². The van der Waals surface area contributed by atoms with Crippen molar-refractivity contribution in [1.29, 1.82) is 0 Å². The predicted octanol–water partition coefficient (Wildman–Crippen LogP) is 3.53. The molecule has 0 unspecified atom stereocenters. The van der Waals surface area contributed by atoms with Gasteiger partial charge in [0.1, 0.15) is 22.1 Å². The Labute approximate surface area is 121 Å². The van der Waals surface area contributed by atoms with Gasteiger partial charge in [0.2, 0.25) is 0 Å². The third-order valence-corrected chi connectivity index (χ3v) is 3.55. The second kappa shape index (κ2) is 4.96. The number of hydrogen-bond donors (Lipinski definition) is 1. The number of benzene rings is 1. The molecule has 3 aromatic rings. The molecule has 0 saturated carbocycles. The normalized spacial score (nSPS) is 11.2. The van der Waals surface area contributed by atoms with Crippen LogP contribution in [-0.4, -0.2) is 14.5 Å². The van der Waals surface area contributed by atoms with Crippen molar-refractivity contribution in [2.45, 2.75) is 6.61 Å². The van der Waals surface area contributed by atoms with Crippen molar-refractivity contribution in [3.63, 3.8) is 0 Å². The zero-order valence-electron chi connectivity index (χ0n) is 10.1. The fraction of sp³-hybridized carbons (Fsp3) is 0.0714. The molecular weight excluding hydrogens is 330 g/mol. The van der Waals surface area contributed by atoms with Crippen LogP contribution in [0.4, 0.5) is 8.78 Å². The molecule has 2 heterocycles. The van der Waals surface area contributed by atoms with Crippen molar-refractivity contribution in [3.05, 3.63) is 58.3 Å². The van der Waals surface area contributed by atoms with E-state index in [9.17, 15) is 13.9 Å². The quantitative estimate of drug-likeness (QED) is 0.776. The summed E-state index contributed by atoms with van der Waals surface area (Å²) in [5, 5.41) is 9.35. The monoisotopic (exact) mass is 338 g/mol. The number of halogens is 3. The number of aliphatic hydroxyl groups is 1. The first-order valence-corrected chi connectivity index (χ1v) is 6.62. The minimum atomic E-state index is -0.661. The van der Waals surface area contributed by atoms with Crippen LogP contribution in [0.15, 0.2) is 41.1 Å². The molecule has 0 aliphatic heterocycles. The van der Waals surface area contributed by atoms with Gasteiger partial charge in [0, 0.05) is 23.4 Å². The van der Waals surface area contributed by atoms with Gasteiger partial charge in [-0.2, -0.15) is 0 Å². The van der Waals surface area contributed by atoms with E-state index in [1.54, 1.807) is 22.7 Å². The number of imidazole rings is 1. The van der Waals surface area contributed by atoms with Gasteiger partial charge in [-0.3, -0.25) is 4.40 Å². The Morgan fingerprint density at radius 3 is 2.55 bits per heavy atom. The van der Waals surface area contributed by atoms with E-state index in [4.69, 9.17) is 0 Å². The van der Waals surface area contributed by atoms with Gasteiger partial charge in [-0.15, -0.1) is 0 Å². The molecule has 0 aliphatic rings. The summed E-state index contributed by atoms with van der Waals surface area (Å²) in [5.74, 6) is -0.919. The Bertz CT molecular complexity index is 781. The minimum Gasteiger partial charge on any atom is -0.392 e. The van der Waals surface area contributed by atoms with Crippen LogP contribution in [0.3, 0.4) is 0 Å². The lowest BCUT2D eigenvalue weighted by Crippen LogP contribution is -1.94. The summed E-state index contributed by atoms with van der Waals surface area (Å²) in [6.07, 6.45) is 1.73. The Hall–Kier alpha value is -1.79. The van der Waals surface area contributed by atoms with E-state index in [0.29, 0.717) is 27.1 Å². The molecule has 0 atom stereocenters. The Kier molecular flexibility index (Phi) is 3.27. The smallest absolute Gasteiger partial charge is 0.146 e. The summed E-state index contributed by atoms with van der Waals surface area (Å²) in [7, 11) is 0. The maximum absolute atomic E-state index is 13.3. The molecule has 6 heteroatoms. The van der Waals surface area contributed by atoms with Crippen molar-refractivity contribution in [2.24, 2.45) is 0 Å². The summed E-state index contributed by atoms with van der Waals surface area (Å²) in [6, 6.07) is 6.75. The SMILES string of the molecule is OCc1cccn2c(-c3cc(F)cc(F)c3)nc(Br)c12. The van der Waals surface area contributed by atoms with Crippen molar-refractivity contribution < 1.29 is 13.9 Å². The fourth-order valence-electron chi connectivity index (χ4n) is 2.18. The Morgan fingerprint density at radius 2 is 1.90 bits per heavy atom. The van der Waals surface area contributed by atoms with Crippen LogP contribution in [0.25, 0.3) is 16.9 Å². The van der Waals surface area contributed by atoms with Gasteiger partial charge in [-0.05, 0) is 34.1 Å². The molecule has 1 N–H and O–H groups in total. The van der Waals surface area contributed by atoms with Crippen LogP contribution >= 0.6 is 15.9 Å². The van der Waals surface area contributed by atoms with Crippen molar-refractivity contribution in [3.8, 4) is 11.4 Å². The van der Waals surface area contributed by atoms with E-state index in [0.717, 1.165) is 6.07 Å². The summed E-state index contributed by atoms with van der Waals surface area (Å²) >= 11 is 3.31. The number of aromatic nitrogens is 2. The Balaban J connectivity index is 2.32. The maximum Gasteiger partial charge on any atom is 0.146 e.